The van der Waals surface area contributed by atoms with Crippen molar-refractivity contribution in [2.75, 3.05) is 0 Å². The van der Waals surface area contributed by atoms with Crippen LogP contribution in [0.3, 0.4) is 0 Å². The van der Waals surface area contributed by atoms with Crippen LogP contribution in [0.4, 0.5) is 0 Å². The smallest absolute Gasteiger partial charge is 0.236 e. The molecule has 0 saturated heterocycles. The summed E-state index contributed by atoms with van der Waals surface area (Å²) in [6, 6.07) is 0. The van der Waals surface area contributed by atoms with Gasteiger partial charge in [0, 0.05) is 6.08 Å². The molecule has 0 atom stereocenters. The number of hydrogen-bond acceptors (Lipinski definition) is 4. The van der Waals surface area contributed by atoms with Gasteiger partial charge in [0.15, 0.2) is 0 Å². The van der Waals surface area contributed by atoms with Crippen molar-refractivity contribution in [2.24, 2.45) is 5.10 Å². The SMILES string of the molecule is OC1=NN(O)NC(Cl)=C1. The van der Waals surface area contributed by atoms with Crippen LogP contribution < -0.4 is 5.43 Å². The molecular formula is C3H4ClN3O2. The van der Waals surface area contributed by atoms with E-state index in [2.05, 4.69) is 10.5 Å². The Balaban J connectivity index is 2.74. The topological polar surface area (TPSA) is 68.1 Å². The van der Waals surface area contributed by atoms with E-state index in [0.29, 0.717) is 5.28 Å². The molecule has 9 heavy (non-hydrogen) atoms. The quantitative estimate of drug-likeness (QED) is 0.429. The van der Waals surface area contributed by atoms with Crippen molar-refractivity contribution in [1.29, 1.82) is 0 Å². The minimum atomic E-state index is -0.346. The average Bonchev–Trinajstić information content (AvgIpc) is 1.59. The highest BCUT2D eigenvalue weighted by Crippen LogP contribution is 2.01. The minimum Gasteiger partial charge on any atom is -0.492 e. The molecule has 0 saturated carbocycles. The number of aliphatic hydroxyl groups is 1. The van der Waals surface area contributed by atoms with Gasteiger partial charge in [-0.3, -0.25) is 5.21 Å². The van der Waals surface area contributed by atoms with Crippen LogP contribution in [0, 0.1) is 0 Å². The number of nitrogens with one attached hydrogen (secondary N) is 1. The molecule has 0 aromatic rings. The van der Waals surface area contributed by atoms with Crippen LogP contribution in [-0.2, 0) is 0 Å². The highest BCUT2D eigenvalue weighted by molar-refractivity contribution is 6.30. The van der Waals surface area contributed by atoms with Gasteiger partial charge in [0.2, 0.25) is 5.90 Å². The lowest BCUT2D eigenvalue weighted by Gasteiger charge is -2.14. The van der Waals surface area contributed by atoms with Crippen molar-refractivity contribution in [3.05, 3.63) is 11.2 Å². The molecule has 1 aliphatic heterocycles. The van der Waals surface area contributed by atoms with Crippen LogP contribution in [-0.4, -0.2) is 21.5 Å². The third-order valence-electron chi connectivity index (χ3n) is 0.660. The van der Waals surface area contributed by atoms with Crippen LogP contribution >= 0.6 is 11.6 Å². The van der Waals surface area contributed by atoms with Crippen LogP contribution in [0.2, 0.25) is 0 Å². The molecular weight excluding hydrogens is 146 g/mol. The Morgan fingerprint density at radius 1 is 1.78 bits per heavy atom. The van der Waals surface area contributed by atoms with Gasteiger partial charge in [-0.1, -0.05) is 22.0 Å². The number of aliphatic hydroxyl groups excluding tert-OH is 1. The van der Waals surface area contributed by atoms with E-state index in [4.69, 9.17) is 21.9 Å². The van der Waals surface area contributed by atoms with Gasteiger partial charge in [0.25, 0.3) is 0 Å². The maximum atomic E-state index is 8.60. The van der Waals surface area contributed by atoms with Crippen molar-refractivity contribution in [2.45, 2.75) is 0 Å². The van der Waals surface area contributed by atoms with E-state index >= 15 is 0 Å². The summed E-state index contributed by atoms with van der Waals surface area (Å²) in [5.41, 5.74) is 2.18. The Bertz CT molecular complexity index is 178. The molecule has 0 radical (unpaired) electrons. The Morgan fingerprint density at radius 2 is 2.44 bits per heavy atom. The summed E-state index contributed by atoms with van der Waals surface area (Å²) in [5, 5.41) is 20.6. The maximum absolute atomic E-state index is 8.60. The van der Waals surface area contributed by atoms with Crippen LogP contribution in [0.5, 0.6) is 0 Å². The Hall–Kier alpha value is -0.940. The first-order valence-corrected chi connectivity index (χ1v) is 2.47. The zero-order valence-corrected chi connectivity index (χ0v) is 5.00. The summed E-state index contributed by atoms with van der Waals surface area (Å²) < 4.78 is 0. The van der Waals surface area contributed by atoms with Crippen LogP contribution in [0.1, 0.15) is 0 Å². The second kappa shape index (κ2) is 2.12. The van der Waals surface area contributed by atoms with Gasteiger partial charge in [0.05, 0.1) is 0 Å². The summed E-state index contributed by atoms with van der Waals surface area (Å²) in [6.45, 7) is 0. The van der Waals surface area contributed by atoms with E-state index in [9.17, 15) is 0 Å². The van der Waals surface area contributed by atoms with E-state index in [1.807, 2.05) is 0 Å². The van der Waals surface area contributed by atoms with Crippen molar-refractivity contribution in [1.82, 2.24) is 10.7 Å². The highest BCUT2D eigenvalue weighted by Gasteiger charge is 2.05. The van der Waals surface area contributed by atoms with E-state index in [1.54, 1.807) is 0 Å². The normalized spacial score (nSPS) is 18.2. The molecule has 0 aromatic carbocycles. The van der Waals surface area contributed by atoms with E-state index in [-0.39, 0.29) is 11.1 Å². The van der Waals surface area contributed by atoms with E-state index in [1.165, 1.54) is 0 Å². The van der Waals surface area contributed by atoms with Crippen LogP contribution in [0.25, 0.3) is 0 Å². The number of hydrogen-bond donors (Lipinski definition) is 3. The van der Waals surface area contributed by atoms with Gasteiger partial charge < -0.3 is 5.11 Å². The van der Waals surface area contributed by atoms with Gasteiger partial charge in [-0.15, -0.1) is 0 Å². The Morgan fingerprint density at radius 3 is 2.89 bits per heavy atom. The molecule has 5 nitrogen and oxygen atoms in total. The summed E-state index contributed by atoms with van der Waals surface area (Å²) >= 11 is 5.31. The first-order chi connectivity index (χ1) is 4.18. The fourth-order valence-corrected chi connectivity index (χ4v) is 0.565. The maximum Gasteiger partial charge on any atom is 0.236 e. The van der Waals surface area contributed by atoms with Gasteiger partial charge in [0.1, 0.15) is 5.16 Å². The molecule has 0 aromatic heterocycles. The molecule has 0 amide bonds. The van der Waals surface area contributed by atoms with Crippen molar-refractivity contribution in [3.8, 4) is 0 Å². The van der Waals surface area contributed by atoms with Crippen molar-refractivity contribution in [3.63, 3.8) is 0 Å². The molecule has 0 aliphatic carbocycles. The molecule has 1 heterocycles. The average molecular weight is 150 g/mol. The number of halogens is 1. The van der Waals surface area contributed by atoms with E-state index in [0.717, 1.165) is 6.08 Å². The molecule has 0 bridgehead atoms. The summed E-state index contributed by atoms with van der Waals surface area (Å²) in [5.74, 6) is -0.346. The van der Waals surface area contributed by atoms with Crippen LogP contribution in [0.15, 0.2) is 16.3 Å². The standard InChI is InChI=1S/C3H4ClN3O2/c4-2-1-3(8)6-7(9)5-2/h1,5,9H,(H,6,8). The number of rotatable bonds is 0. The monoisotopic (exact) mass is 149 g/mol. The van der Waals surface area contributed by atoms with E-state index < -0.39 is 0 Å². The van der Waals surface area contributed by atoms with Gasteiger partial charge >= 0.3 is 0 Å². The molecule has 1 rings (SSSR count). The lowest BCUT2D eigenvalue weighted by Crippen LogP contribution is -2.32. The molecule has 50 valence electrons. The first kappa shape index (κ1) is 6.18. The fourth-order valence-electron chi connectivity index (χ4n) is 0.392. The molecule has 0 spiro atoms. The molecule has 0 unspecified atom stereocenters. The zero-order chi connectivity index (χ0) is 6.85. The van der Waals surface area contributed by atoms with Gasteiger partial charge in [-0.05, 0) is 0 Å². The Kier molecular flexibility index (Phi) is 1.46. The summed E-state index contributed by atoms with van der Waals surface area (Å²) in [6.07, 6.45) is 1.16. The second-order valence-corrected chi connectivity index (χ2v) is 1.76. The number of nitrogens with zero attached hydrogens (tertiary/aromatic N) is 2. The zero-order valence-electron chi connectivity index (χ0n) is 4.24. The molecule has 3 N–H and O–H groups in total. The summed E-state index contributed by atoms with van der Waals surface area (Å²) in [4.78, 5) is 0. The van der Waals surface area contributed by atoms with Gasteiger partial charge in [-0.2, -0.15) is 0 Å². The second-order valence-electron chi connectivity index (χ2n) is 1.35. The molecule has 6 heteroatoms. The molecule has 0 fully saturated rings. The summed E-state index contributed by atoms with van der Waals surface area (Å²) in [7, 11) is 0. The lowest BCUT2D eigenvalue weighted by molar-refractivity contribution is -0.127. The third-order valence-corrected chi connectivity index (χ3v) is 0.853. The van der Waals surface area contributed by atoms with Crippen molar-refractivity contribution < 1.29 is 10.3 Å². The van der Waals surface area contributed by atoms with Gasteiger partial charge in [-0.25, -0.2) is 5.43 Å². The minimum absolute atomic E-state index is 0.102. The fraction of sp³-hybridized carbons (Fsp3) is 0. The Labute approximate surface area is 55.8 Å². The lowest BCUT2D eigenvalue weighted by atomic mass is 10.6. The third kappa shape index (κ3) is 1.48. The molecule has 1 aliphatic rings. The highest BCUT2D eigenvalue weighted by atomic mass is 35.5. The largest absolute Gasteiger partial charge is 0.492 e. The predicted octanol–water partition coefficient (Wildman–Crippen LogP) is 0.148. The first-order valence-electron chi connectivity index (χ1n) is 2.09. The van der Waals surface area contributed by atoms with Crippen molar-refractivity contribution >= 4 is 17.5 Å². The predicted molar refractivity (Wildman–Crippen MR) is 30.8 cm³/mol. The number of hydrazone groups is 1. The number of hydrazine groups is 1.